The van der Waals surface area contributed by atoms with E-state index in [-0.39, 0.29) is 5.56 Å². The van der Waals surface area contributed by atoms with Gasteiger partial charge in [0.15, 0.2) is 0 Å². The summed E-state index contributed by atoms with van der Waals surface area (Å²) in [6, 6.07) is 6.14. The topological polar surface area (TPSA) is 121 Å². The Bertz CT molecular complexity index is 833. The maximum atomic E-state index is 10.9. The van der Waals surface area contributed by atoms with E-state index < -0.39 is 12.0 Å². The number of aliphatic imine (C=N–C) groups is 1. The van der Waals surface area contributed by atoms with Crippen LogP contribution in [0.1, 0.15) is 21.6 Å². The third-order valence-electron chi connectivity index (χ3n) is 3.18. The predicted octanol–water partition coefficient (Wildman–Crippen LogP) is 2.46. The summed E-state index contributed by atoms with van der Waals surface area (Å²) in [5.41, 5.74) is 8.92. The molecular formula is C15H12N4O3. The van der Waals surface area contributed by atoms with Gasteiger partial charge in [0, 0.05) is 34.9 Å². The standard InChI is InChI=1S/C15H12N4O3/c16-15(22)19-10-1-2-13-12(5-10)8(6-18-13)3-11-4-9(7-17-11)14(20)21/h1-7,17H,(H,20,21)(H3,16,19,22). The first-order chi connectivity index (χ1) is 10.5. The van der Waals surface area contributed by atoms with E-state index in [0.717, 1.165) is 16.8 Å². The fraction of sp³-hybridized carbons (Fsp3) is 0. The summed E-state index contributed by atoms with van der Waals surface area (Å²) < 4.78 is 0. The number of aromatic carboxylic acids is 1. The lowest BCUT2D eigenvalue weighted by molar-refractivity contribution is 0.0697. The molecule has 110 valence electrons. The third kappa shape index (κ3) is 2.59. The number of primary amides is 1. The van der Waals surface area contributed by atoms with Gasteiger partial charge in [-0.15, -0.1) is 0 Å². The highest BCUT2D eigenvalue weighted by Gasteiger charge is 2.14. The van der Waals surface area contributed by atoms with Crippen molar-refractivity contribution in [3.63, 3.8) is 0 Å². The van der Waals surface area contributed by atoms with E-state index in [1.807, 2.05) is 0 Å². The lowest BCUT2D eigenvalue weighted by Gasteiger charge is -2.05. The minimum atomic E-state index is -0.991. The Hall–Kier alpha value is -3.35. The molecule has 0 spiro atoms. The predicted molar refractivity (Wildman–Crippen MR) is 83.4 cm³/mol. The molecule has 5 N–H and O–H groups in total. The van der Waals surface area contributed by atoms with Crippen LogP contribution in [-0.4, -0.2) is 28.3 Å². The number of carbonyl (C=O) groups excluding carboxylic acids is 1. The van der Waals surface area contributed by atoms with E-state index in [2.05, 4.69) is 15.3 Å². The van der Waals surface area contributed by atoms with E-state index in [1.165, 1.54) is 12.3 Å². The van der Waals surface area contributed by atoms with Crippen LogP contribution in [0.5, 0.6) is 0 Å². The number of benzene rings is 1. The van der Waals surface area contributed by atoms with Crippen LogP contribution >= 0.6 is 0 Å². The quantitative estimate of drug-likeness (QED) is 0.696. The smallest absolute Gasteiger partial charge is 0.337 e. The number of nitrogens with zero attached hydrogens (tertiary/aromatic N) is 1. The van der Waals surface area contributed by atoms with Crippen LogP contribution in [0.25, 0.3) is 11.6 Å². The highest BCUT2D eigenvalue weighted by atomic mass is 16.4. The van der Waals surface area contributed by atoms with Crippen molar-refractivity contribution < 1.29 is 14.7 Å². The monoisotopic (exact) mass is 296 g/mol. The molecule has 1 aromatic heterocycles. The van der Waals surface area contributed by atoms with Gasteiger partial charge in [-0.2, -0.15) is 0 Å². The van der Waals surface area contributed by atoms with Gasteiger partial charge in [0.2, 0.25) is 0 Å². The molecule has 0 atom stereocenters. The maximum Gasteiger partial charge on any atom is 0.337 e. The van der Waals surface area contributed by atoms with Gasteiger partial charge in [0.25, 0.3) is 0 Å². The summed E-state index contributed by atoms with van der Waals surface area (Å²) in [5, 5.41) is 11.4. The summed E-state index contributed by atoms with van der Waals surface area (Å²) in [5.74, 6) is -0.991. The molecule has 0 saturated heterocycles. The molecule has 0 fully saturated rings. The molecule has 0 saturated carbocycles. The number of carboxylic acid groups (broad SMARTS) is 1. The number of aromatic nitrogens is 1. The highest BCUT2D eigenvalue weighted by molar-refractivity contribution is 6.21. The Balaban J connectivity index is 1.94. The van der Waals surface area contributed by atoms with Crippen LogP contribution in [-0.2, 0) is 0 Å². The highest BCUT2D eigenvalue weighted by Crippen LogP contribution is 2.34. The number of anilines is 1. The number of H-pyrrole nitrogens is 1. The molecule has 0 unspecified atom stereocenters. The molecule has 1 aromatic carbocycles. The fourth-order valence-electron chi connectivity index (χ4n) is 2.21. The zero-order valence-corrected chi connectivity index (χ0v) is 11.3. The van der Waals surface area contributed by atoms with Crippen molar-refractivity contribution in [2.24, 2.45) is 10.7 Å². The lowest BCUT2D eigenvalue weighted by atomic mass is 10.1. The molecular weight excluding hydrogens is 284 g/mol. The van der Waals surface area contributed by atoms with E-state index in [1.54, 1.807) is 30.5 Å². The molecule has 1 aliphatic rings. The van der Waals surface area contributed by atoms with E-state index in [0.29, 0.717) is 11.4 Å². The lowest BCUT2D eigenvalue weighted by Crippen LogP contribution is -2.19. The van der Waals surface area contributed by atoms with Crippen LogP contribution < -0.4 is 11.1 Å². The second kappa shape index (κ2) is 5.21. The van der Waals surface area contributed by atoms with Crippen LogP contribution in [0.4, 0.5) is 16.2 Å². The Morgan fingerprint density at radius 2 is 2.14 bits per heavy atom. The first-order valence-electron chi connectivity index (χ1n) is 6.41. The van der Waals surface area contributed by atoms with Crippen molar-refractivity contribution in [1.82, 2.24) is 4.98 Å². The van der Waals surface area contributed by atoms with Gasteiger partial charge in [-0.3, -0.25) is 4.99 Å². The number of nitrogens with one attached hydrogen (secondary N) is 2. The van der Waals surface area contributed by atoms with E-state index in [4.69, 9.17) is 10.8 Å². The van der Waals surface area contributed by atoms with E-state index >= 15 is 0 Å². The molecule has 7 nitrogen and oxygen atoms in total. The van der Waals surface area contributed by atoms with Crippen molar-refractivity contribution in [1.29, 1.82) is 0 Å². The van der Waals surface area contributed by atoms with Gasteiger partial charge in [-0.05, 0) is 30.3 Å². The summed E-state index contributed by atoms with van der Waals surface area (Å²) in [7, 11) is 0. The Labute approximate surface area is 125 Å². The third-order valence-corrected chi connectivity index (χ3v) is 3.18. The number of fused-ring (bicyclic) bond motifs is 1. The number of carboxylic acids is 1. The minimum Gasteiger partial charge on any atom is -0.478 e. The molecule has 7 heteroatoms. The molecule has 2 heterocycles. The zero-order chi connectivity index (χ0) is 15.7. The summed E-state index contributed by atoms with van der Waals surface area (Å²) >= 11 is 0. The Morgan fingerprint density at radius 3 is 2.82 bits per heavy atom. The number of urea groups is 1. The van der Waals surface area contributed by atoms with Crippen LogP contribution in [0.2, 0.25) is 0 Å². The SMILES string of the molecule is NC(=O)Nc1ccc2c(c1)C(=Cc1cc(C(=O)O)c[nH]1)C=N2. The number of hydrogen-bond donors (Lipinski definition) is 4. The summed E-state index contributed by atoms with van der Waals surface area (Å²) in [6.07, 6.45) is 4.89. The second-order valence-electron chi connectivity index (χ2n) is 4.73. The van der Waals surface area contributed by atoms with Gasteiger partial charge >= 0.3 is 12.0 Å². The number of nitrogens with two attached hydrogens (primary N) is 1. The summed E-state index contributed by atoms with van der Waals surface area (Å²) in [4.78, 5) is 28.9. The van der Waals surface area contributed by atoms with Gasteiger partial charge in [-0.25, -0.2) is 9.59 Å². The summed E-state index contributed by atoms with van der Waals surface area (Å²) in [6.45, 7) is 0. The van der Waals surface area contributed by atoms with Gasteiger partial charge in [0.05, 0.1) is 11.3 Å². The Kier molecular flexibility index (Phi) is 3.23. The van der Waals surface area contributed by atoms with Gasteiger partial charge < -0.3 is 21.1 Å². The van der Waals surface area contributed by atoms with Gasteiger partial charge in [-0.1, -0.05) is 0 Å². The average molecular weight is 296 g/mol. The molecule has 0 bridgehead atoms. The number of rotatable bonds is 3. The number of carbonyl (C=O) groups is 2. The van der Waals surface area contributed by atoms with Crippen molar-refractivity contribution in [2.75, 3.05) is 5.32 Å². The molecule has 3 rings (SSSR count). The van der Waals surface area contributed by atoms with Crippen LogP contribution in [0.15, 0.2) is 35.5 Å². The van der Waals surface area contributed by atoms with Crippen LogP contribution in [0, 0.1) is 0 Å². The fourth-order valence-corrected chi connectivity index (χ4v) is 2.21. The molecule has 2 aromatic rings. The normalized spacial score (nSPS) is 14.1. The first kappa shape index (κ1) is 13.6. The maximum absolute atomic E-state index is 10.9. The van der Waals surface area contributed by atoms with Crippen molar-refractivity contribution in [3.8, 4) is 0 Å². The second-order valence-corrected chi connectivity index (χ2v) is 4.73. The molecule has 0 radical (unpaired) electrons. The van der Waals surface area contributed by atoms with E-state index in [9.17, 15) is 9.59 Å². The molecule has 2 amide bonds. The largest absolute Gasteiger partial charge is 0.478 e. The van der Waals surface area contributed by atoms with Crippen molar-refractivity contribution in [3.05, 3.63) is 47.3 Å². The number of amides is 2. The number of hydrogen-bond acceptors (Lipinski definition) is 3. The average Bonchev–Trinajstić information content (AvgIpc) is 3.06. The number of aromatic amines is 1. The van der Waals surface area contributed by atoms with Crippen molar-refractivity contribution >= 4 is 41.2 Å². The molecule has 1 aliphatic heterocycles. The molecule has 0 aliphatic carbocycles. The Morgan fingerprint density at radius 1 is 1.32 bits per heavy atom. The number of allylic oxidation sites excluding steroid dienone is 1. The minimum absolute atomic E-state index is 0.186. The first-order valence-corrected chi connectivity index (χ1v) is 6.41. The van der Waals surface area contributed by atoms with Crippen molar-refractivity contribution in [2.45, 2.75) is 0 Å². The van der Waals surface area contributed by atoms with Gasteiger partial charge in [0.1, 0.15) is 0 Å². The molecule has 22 heavy (non-hydrogen) atoms. The van der Waals surface area contributed by atoms with Crippen LogP contribution in [0.3, 0.4) is 0 Å². The zero-order valence-electron chi connectivity index (χ0n) is 11.3.